The molecule has 4 aromatic rings. The number of amides is 2. The first kappa shape index (κ1) is 32.2. The van der Waals surface area contributed by atoms with Gasteiger partial charge in [0.2, 0.25) is 11.5 Å². The summed E-state index contributed by atoms with van der Waals surface area (Å²) >= 11 is 0. The lowest BCUT2D eigenvalue weighted by atomic mass is 9.76. The van der Waals surface area contributed by atoms with E-state index in [1.807, 2.05) is 6.92 Å². The van der Waals surface area contributed by atoms with Crippen molar-refractivity contribution in [2.24, 2.45) is 0 Å². The first-order valence-corrected chi connectivity index (χ1v) is 14.9. The van der Waals surface area contributed by atoms with E-state index in [1.54, 1.807) is 19.1 Å². The molecule has 0 spiro atoms. The molecule has 3 heterocycles. The number of nitrogens with zero attached hydrogens (tertiary/aromatic N) is 2. The van der Waals surface area contributed by atoms with Crippen LogP contribution in [0.4, 0.5) is 17.6 Å². The minimum absolute atomic E-state index is 0.0251. The number of methoxy groups -OCH3 is 1. The number of hydrogen-bond acceptors (Lipinski definition) is 7. The fraction of sp³-hybridized carbons (Fsp3) is 0.353. The van der Waals surface area contributed by atoms with Crippen LogP contribution in [0.2, 0.25) is 0 Å². The number of halogens is 4. The highest BCUT2D eigenvalue weighted by molar-refractivity contribution is 6.00. The molecule has 0 saturated heterocycles. The first-order valence-electron chi connectivity index (χ1n) is 14.9. The number of fused-ring (bicyclic) bond motifs is 2. The average Bonchev–Trinajstić information content (AvgIpc) is 3.39. The molecule has 1 unspecified atom stereocenters. The standard InChI is InChI=1S/C34H32F4N4O5/c1-31(11-5-12-31)42-30(44)32(2)18-47-28-23(32)16-25(41-27(28)19-7-9-22(35)10-8-19)33(45,34(36,37)38)17-40-29(43)21-14-20-6-4-13-39-26(20)24(15-21)46-3/h4,6-10,13-16,45H,5,11-12,17-18H2,1-3H3,(H,40,43)(H,42,44)/t32-,33?/m0/s1. The first-order chi connectivity index (χ1) is 22.2. The second kappa shape index (κ2) is 11.5. The molecule has 0 radical (unpaired) electrons. The van der Waals surface area contributed by atoms with Gasteiger partial charge in [0, 0.05) is 33.8 Å². The van der Waals surface area contributed by atoms with Crippen LogP contribution < -0.4 is 20.1 Å². The molecule has 47 heavy (non-hydrogen) atoms. The summed E-state index contributed by atoms with van der Waals surface area (Å²) in [5.74, 6) is -1.68. The number of aromatic nitrogens is 2. The Bertz CT molecular complexity index is 1880. The van der Waals surface area contributed by atoms with E-state index >= 15 is 0 Å². The Morgan fingerprint density at radius 2 is 1.81 bits per heavy atom. The number of benzene rings is 2. The predicted octanol–water partition coefficient (Wildman–Crippen LogP) is 5.33. The molecule has 1 fully saturated rings. The molecule has 2 aromatic carbocycles. The maximum atomic E-state index is 14.9. The van der Waals surface area contributed by atoms with Crippen LogP contribution in [0.25, 0.3) is 22.2 Å². The van der Waals surface area contributed by atoms with Gasteiger partial charge < -0.3 is 25.2 Å². The van der Waals surface area contributed by atoms with Crippen molar-refractivity contribution in [3.8, 4) is 22.8 Å². The molecule has 2 atom stereocenters. The van der Waals surface area contributed by atoms with Gasteiger partial charge in [0.25, 0.3) is 5.91 Å². The Morgan fingerprint density at radius 1 is 1.09 bits per heavy atom. The van der Waals surface area contributed by atoms with Crippen molar-refractivity contribution in [2.75, 3.05) is 20.3 Å². The van der Waals surface area contributed by atoms with Gasteiger partial charge >= 0.3 is 6.18 Å². The summed E-state index contributed by atoms with van der Waals surface area (Å²) in [5, 5.41) is 17.2. The Balaban J connectivity index is 1.42. The number of carbonyl (C=O) groups is 2. The summed E-state index contributed by atoms with van der Waals surface area (Å²) in [6.45, 7) is 1.91. The Kier molecular flexibility index (Phi) is 7.86. The monoisotopic (exact) mass is 652 g/mol. The third-order valence-electron chi connectivity index (χ3n) is 9.11. The zero-order valence-electron chi connectivity index (χ0n) is 25.8. The summed E-state index contributed by atoms with van der Waals surface area (Å²) in [6, 6.07) is 11.9. The fourth-order valence-electron chi connectivity index (χ4n) is 5.92. The van der Waals surface area contributed by atoms with Crippen LogP contribution in [0.3, 0.4) is 0 Å². The van der Waals surface area contributed by atoms with Crippen molar-refractivity contribution in [2.45, 2.75) is 55.8 Å². The quantitative estimate of drug-likeness (QED) is 0.220. The van der Waals surface area contributed by atoms with E-state index in [2.05, 4.69) is 20.6 Å². The van der Waals surface area contributed by atoms with Crippen LogP contribution in [-0.4, -0.2) is 58.9 Å². The van der Waals surface area contributed by atoms with Gasteiger partial charge in [-0.1, -0.05) is 6.07 Å². The average molecular weight is 653 g/mol. The fourth-order valence-corrected chi connectivity index (χ4v) is 5.92. The lowest BCUT2D eigenvalue weighted by Crippen LogP contribution is -2.56. The molecule has 2 aliphatic rings. The molecule has 1 aliphatic carbocycles. The highest BCUT2D eigenvalue weighted by Crippen LogP contribution is 2.48. The minimum Gasteiger partial charge on any atom is -0.494 e. The predicted molar refractivity (Wildman–Crippen MR) is 163 cm³/mol. The number of nitrogens with one attached hydrogen (secondary N) is 2. The zero-order chi connectivity index (χ0) is 33.8. The van der Waals surface area contributed by atoms with E-state index in [1.165, 1.54) is 37.6 Å². The summed E-state index contributed by atoms with van der Waals surface area (Å²) in [4.78, 5) is 35.3. The Hall–Kier alpha value is -4.78. The Morgan fingerprint density at radius 3 is 2.45 bits per heavy atom. The van der Waals surface area contributed by atoms with Crippen molar-refractivity contribution < 1.29 is 41.7 Å². The second-order valence-corrected chi connectivity index (χ2v) is 12.5. The summed E-state index contributed by atoms with van der Waals surface area (Å²) in [5.41, 5.74) is -5.92. The van der Waals surface area contributed by atoms with Crippen molar-refractivity contribution in [3.05, 3.63) is 83.4 Å². The zero-order valence-corrected chi connectivity index (χ0v) is 25.8. The van der Waals surface area contributed by atoms with Crippen molar-refractivity contribution in [1.82, 2.24) is 20.6 Å². The minimum atomic E-state index is -5.34. The molecule has 1 saturated carbocycles. The van der Waals surface area contributed by atoms with Gasteiger partial charge in [-0.15, -0.1) is 0 Å². The van der Waals surface area contributed by atoms with Gasteiger partial charge in [-0.05, 0) is 81.6 Å². The number of hydrogen-bond donors (Lipinski definition) is 3. The molecule has 3 N–H and O–H groups in total. The number of pyridine rings is 2. The Labute approximate surface area is 267 Å². The van der Waals surface area contributed by atoms with Crippen molar-refractivity contribution in [1.29, 1.82) is 0 Å². The van der Waals surface area contributed by atoms with Crippen LogP contribution in [-0.2, 0) is 15.8 Å². The van der Waals surface area contributed by atoms with E-state index in [9.17, 15) is 32.3 Å². The van der Waals surface area contributed by atoms with Gasteiger partial charge in [-0.25, -0.2) is 9.37 Å². The smallest absolute Gasteiger partial charge is 0.424 e. The molecule has 2 amide bonds. The molecular weight excluding hydrogens is 620 g/mol. The summed E-state index contributed by atoms with van der Waals surface area (Å²) < 4.78 is 69.8. The van der Waals surface area contributed by atoms with E-state index in [0.29, 0.717) is 10.9 Å². The molecule has 246 valence electrons. The van der Waals surface area contributed by atoms with E-state index < -0.39 is 52.6 Å². The van der Waals surface area contributed by atoms with Gasteiger partial charge in [0.15, 0.2) is 0 Å². The molecule has 13 heteroatoms. The molecule has 0 bridgehead atoms. The summed E-state index contributed by atoms with van der Waals surface area (Å²) in [6.07, 6.45) is -1.39. The third kappa shape index (κ3) is 5.62. The lowest BCUT2D eigenvalue weighted by Gasteiger charge is -2.41. The maximum Gasteiger partial charge on any atom is 0.424 e. The number of ether oxygens (including phenoxy) is 2. The topological polar surface area (TPSA) is 123 Å². The highest BCUT2D eigenvalue weighted by atomic mass is 19.4. The van der Waals surface area contributed by atoms with Gasteiger partial charge in [-0.3, -0.25) is 14.6 Å². The molecule has 9 nitrogen and oxygen atoms in total. The number of rotatable bonds is 8. The van der Waals surface area contributed by atoms with Crippen LogP contribution in [0.5, 0.6) is 11.5 Å². The second-order valence-electron chi connectivity index (χ2n) is 12.5. The highest BCUT2D eigenvalue weighted by Gasteiger charge is 2.58. The van der Waals surface area contributed by atoms with E-state index in [0.717, 1.165) is 37.5 Å². The number of alkyl halides is 3. The van der Waals surface area contributed by atoms with Crippen LogP contribution in [0.15, 0.2) is 60.8 Å². The van der Waals surface area contributed by atoms with Crippen LogP contribution in [0.1, 0.15) is 54.7 Å². The van der Waals surface area contributed by atoms with Gasteiger partial charge in [-0.2, -0.15) is 13.2 Å². The normalized spacial score (nSPS) is 19.6. The van der Waals surface area contributed by atoms with Gasteiger partial charge in [0.1, 0.15) is 40.5 Å². The van der Waals surface area contributed by atoms with E-state index in [4.69, 9.17) is 9.47 Å². The van der Waals surface area contributed by atoms with Crippen molar-refractivity contribution >= 4 is 22.7 Å². The van der Waals surface area contributed by atoms with Crippen LogP contribution in [0, 0.1) is 5.82 Å². The van der Waals surface area contributed by atoms with Crippen LogP contribution >= 0.6 is 0 Å². The number of aliphatic hydroxyl groups is 1. The molecule has 2 aromatic heterocycles. The van der Waals surface area contributed by atoms with Crippen molar-refractivity contribution in [3.63, 3.8) is 0 Å². The largest absolute Gasteiger partial charge is 0.494 e. The molecule has 1 aliphatic heterocycles. The van der Waals surface area contributed by atoms with Gasteiger partial charge in [0.05, 0.1) is 19.3 Å². The lowest BCUT2D eigenvalue weighted by molar-refractivity contribution is -0.265. The SMILES string of the molecule is COc1cc(C(=O)NCC(O)(c2cc3c(c(-c4ccc(F)cc4)n2)OC[C@]3(C)C(=O)NC2(C)CCC2)C(F)(F)F)cc2cccnc12. The molecule has 6 rings (SSSR count). The number of carbonyl (C=O) groups excluding carboxylic acids is 2. The molecular formula is C34H32F4N4O5. The maximum absolute atomic E-state index is 14.9. The summed E-state index contributed by atoms with van der Waals surface area (Å²) in [7, 11) is 1.37. The van der Waals surface area contributed by atoms with E-state index in [-0.39, 0.29) is 40.5 Å². The third-order valence-corrected chi connectivity index (χ3v) is 9.11.